The Morgan fingerprint density at radius 2 is 2.04 bits per heavy atom. The highest BCUT2D eigenvalue weighted by atomic mass is 16.5. The maximum absolute atomic E-state index is 12.3. The molecule has 3 amide bonds. The smallest absolute Gasteiger partial charge is 0.320 e. The Balaban J connectivity index is 1.59. The number of aromatic nitrogens is 1. The van der Waals surface area contributed by atoms with Crippen molar-refractivity contribution in [3.05, 3.63) is 42.1 Å². The predicted octanol–water partition coefficient (Wildman–Crippen LogP) is 1.67. The van der Waals surface area contributed by atoms with E-state index in [9.17, 15) is 9.59 Å². The number of hydrogen-bond donors (Lipinski definition) is 0. The number of amides is 3. The van der Waals surface area contributed by atoms with Crippen LogP contribution in [0.2, 0.25) is 0 Å². The van der Waals surface area contributed by atoms with E-state index in [0.29, 0.717) is 31.1 Å². The fourth-order valence-corrected chi connectivity index (χ4v) is 2.59. The first-order valence-corrected chi connectivity index (χ1v) is 7.79. The normalized spacial score (nSPS) is 14.3. The van der Waals surface area contributed by atoms with Gasteiger partial charge < -0.3 is 19.2 Å². The molecule has 0 spiro atoms. The minimum Gasteiger partial charge on any atom is -0.356 e. The zero-order valence-electron chi connectivity index (χ0n) is 13.8. The van der Waals surface area contributed by atoms with Crippen LogP contribution in [0, 0.1) is 0 Å². The molecule has 0 saturated carbocycles. The molecule has 2 aromatic rings. The maximum atomic E-state index is 12.3. The van der Waals surface area contributed by atoms with Gasteiger partial charge in [0, 0.05) is 38.8 Å². The molecule has 7 nitrogen and oxygen atoms in total. The Morgan fingerprint density at radius 3 is 2.71 bits per heavy atom. The third-order valence-electron chi connectivity index (χ3n) is 4.07. The third kappa shape index (κ3) is 3.40. The lowest BCUT2D eigenvalue weighted by atomic mass is 10.1. The van der Waals surface area contributed by atoms with E-state index in [1.54, 1.807) is 28.8 Å². The zero-order valence-corrected chi connectivity index (χ0v) is 13.8. The highest BCUT2D eigenvalue weighted by molar-refractivity contribution is 5.84. The Kier molecular flexibility index (Phi) is 4.50. The molecule has 126 valence electrons. The molecule has 1 aromatic heterocycles. The highest BCUT2D eigenvalue weighted by Gasteiger charge is 2.28. The van der Waals surface area contributed by atoms with E-state index in [1.807, 2.05) is 36.4 Å². The quantitative estimate of drug-likeness (QED) is 0.837. The van der Waals surface area contributed by atoms with Gasteiger partial charge >= 0.3 is 6.03 Å². The topological polar surface area (TPSA) is 69.9 Å². The molecule has 7 heteroatoms. The van der Waals surface area contributed by atoms with Crippen molar-refractivity contribution < 1.29 is 14.1 Å². The number of carbonyl (C=O) groups excluding carboxylic acids is 2. The molecular formula is C17H20N4O3. The minimum atomic E-state index is -0.122. The van der Waals surface area contributed by atoms with Gasteiger partial charge in [0.05, 0.1) is 6.54 Å². The number of nitrogens with zero attached hydrogens (tertiary/aromatic N) is 4. The summed E-state index contributed by atoms with van der Waals surface area (Å²) in [5.41, 5.74) is 1.62. The molecular weight excluding hydrogens is 308 g/mol. The molecule has 0 N–H and O–H groups in total. The molecule has 0 bridgehead atoms. The zero-order chi connectivity index (χ0) is 17.1. The summed E-state index contributed by atoms with van der Waals surface area (Å²) < 4.78 is 5.34. The molecule has 1 aromatic carbocycles. The summed E-state index contributed by atoms with van der Waals surface area (Å²) in [6.45, 7) is 1.66. The highest BCUT2D eigenvalue weighted by Crippen LogP contribution is 2.20. The van der Waals surface area contributed by atoms with Crippen LogP contribution in [0.15, 0.2) is 40.9 Å². The SMILES string of the molecule is CN(Cc1cc(-c2ccccc2)on1)C(=O)CN1CCN(C)C1=O. The number of urea groups is 1. The van der Waals surface area contributed by atoms with Gasteiger partial charge in [-0.2, -0.15) is 0 Å². The average Bonchev–Trinajstić information content (AvgIpc) is 3.17. The van der Waals surface area contributed by atoms with Crippen molar-refractivity contribution in [1.82, 2.24) is 19.9 Å². The Hall–Kier alpha value is -2.83. The largest absolute Gasteiger partial charge is 0.356 e. The van der Waals surface area contributed by atoms with E-state index >= 15 is 0 Å². The molecule has 1 fully saturated rings. The van der Waals surface area contributed by atoms with Gasteiger partial charge in [-0.1, -0.05) is 35.5 Å². The summed E-state index contributed by atoms with van der Waals surface area (Å²) in [6, 6.07) is 11.4. The van der Waals surface area contributed by atoms with Crippen LogP contribution < -0.4 is 0 Å². The van der Waals surface area contributed by atoms with Gasteiger partial charge in [-0.3, -0.25) is 4.79 Å². The maximum Gasteiger partial charge on any atom is 0.320 e. The molecule has 1 aliphatic rings. The second kappa shape index (κ2) is 6.74. The first kappa shape index (κ1) is 16.0. The third-order valence-corrected chi connectivity index (χ3v) is 4.07. The van der Waals surface area contributed by atoms with Gasteiger partial charge in [-0.15, -0.1) is 0 Å². The van der Waals surface area contributed by atoms with Crippen LogP contribution in [0.1, 0.15) is 5.69 Å². The molecule has 0 atom stereocenters. The van der Waals surface area contributed by atoms with Gasteiger partial charge in [-0.05, 0) is 0 Å². The number of hydrogen-bond acceptors (Lipinski definition) is 4. The molecule has 2 heterocycles. The summed E-state index contributed by atoms with van der Waals surface area (Å²) in [4.78, 5) is 28.8. The number of likely N-dealkylation sites (N-methyl/N-ethyl adjacent to an activating group) is 2. The fraction of sp³-hybridized carbons (Fsp3) is 0.353. The van der Waals surface area contributed by atoms with Crippen LogP contribution in [0.3, 0.4) is 0 Å². The molecule has 24 heavy (non-hydrogen) atoms. The fourth-order valence-electron chi connectivity index (χ4n) is 2.59. The van der Waals surface area contributed by atoms with Crippen LogP contribution in [-0.2, 0) is 11.3 Å². The van der Waals surface area contributed by atoms with Gasteiger partial charge in [-0.25, -0.2) is 4.79 Å². The molecule has 0 aliphatic carbocycles. The minimum absolute atomic E-state index is 0.0864. The van der Waals surface area contributed by atoms with Crippen molar-refractivity contribution >= 4 is 11.9 Å². The Labute approximate surface area is 140 Å². The van der Waals surface area contributed by atoms with Gasteiger partial charge in [0.1, 0.15) is 12.2 Å². The lowest BCUT2D eigenvalue weighted by molar-refractivity contribution is -0.130. The molecule has 0 radical (unpaired) electrons. The van der Waals surface area contributed by atoms with Crippen molar-refractivity contribution in [3.8, 4) is 11.3 Å². The molecule has 1 saturated heterocycles. The first-order valence-electron chi connectivity index (χ1n) is 7.79. The average molecular weight is 328 g/mol. The monoisotopic (exact) mass is 328 g/mol. The summed E-state index contributed by atoms with van der Waals surface area (Å²) in [6.07, 6.45) is 0. The van der Waals surface area contributed by atoms with Crippen LogP contribution >= 0.6 is 0 Å². The van der Waals surface area contributed by atoms with Crippen LogP contribution in [0.4, 0.5) is 4.79 Å². The standard InChI is InChI=1S/C17H20N4O3/c1-19-8-9-21(17(19)23)12-16(22)20(2)11-14-10-15(24-18-14)13-6-4-3-5-7-13/h3-7,10H,8-9,11-12H2,1-2H3. The van der Waals surface area contributed by atoms with E-state index in [4.69, 9.17) is 4.52 Å². The van der Waals surface area contributed by atoms with Crippen molar-refractivity contribution in [3.63, 3.8) is 0 Å². The summed E-state index contributed by atoms with van der Waals surface area (Å²) in [7, 11) is 3.43. The van der Waals surface area contributed by atoms with E-state index in [0.717, 1.165) is 5.56 Å². The Morgan fingerprint density at radius 1 is 1.29 bits per heavy atom. The van der Waals surface area contributed by atoms with Crippen molar-refractivity contribution in [2.45, 2.75) is 6.54 Å². The van der Waals surface area contributed by atoms with Crippen LogP contribution in [0.25, 0.3) is 11.3 Å². The number of rotatable bonds is 5. The number of carbonyl (C=O) groups is 2. The lowest BCUT2D eigenvalue weighted by Gasteiger charge is -2.20. The second-order valence-corrected chi connectivity index (χ2v) is 5.92. The van der Waals surface area contributed by atoms with Gasteiger partial charge in [0.15, 0.2) is 5.76 Å². The van der Waals surface area contributed by atoms with Gasteiger partial charge in [0.2, 0.25) is 5.91 Å². The van der Waals surface area contributed by atoms with E-state index in [1.165, 1.54) is 0 Å². The van der Waals surface area contributed by atoms with Crippen molar-refractivity contribution in [2.75, 3.05) is 33.7 Å². The molecule has 3 rings (SSSR count). The second-order valence-electron chi connectivity index (χ2n) is 5.92. The van der Waals surface area contributed by atoms with Gasteiger partial charge in [0.25, 0.3) is 0 Å². The first-order chi connectivity index (χ1) is 11.5. The van der Waals surface area contributed by atoms with Crippen molar-refractivity contribution in [1.29, 1.82) is 0 Å². The van der Waals surface area contributed by atoms with E-state index in [-0.39, 0.29) is 18.5 Å². The van der Waals surface area contributed by atoms with Crippen LogP contribution in [0.5, 0.6) is 0 Å². The number of benzene rings is 1. The summed E-state index contributed by atoms with van der Waals surface area (Å²) in [5.74, 6) is 0.547. The van der Waals surface area contributed by atoms with E-state index < -0.39 is 0 Å². The Bertz CT molecular complexity index is 728. The lowest BCUT2D eigenvalue weighted by Crippen LogP contribution is -2.39. The molecule has 1 aliphatic heterocycles. The summed E-state index contributed by atoms with van der Waals surface area (Å²) in [5, 5.41) is 4.02. The molecule has 0 unspecified atom stereocenters. The van der Waals surface area contributed by atoms with Crippen LogP contribution in [-0.4, -0.2) is 65.5 Å². The summed E-state index contributed by atoms with van der Waals surface area (Å²) >= 11 is 0. The van der Waals surface area contributed by atoms with E-state index in [2.05, 4.69) is 5.16 Å². The van der Waals surface area contributed by atoms with Crippen molar-refractivity contribution in [2.24, 2.45) is 0 Å². The predicted molar refractivity (Wildman–Crippen MR) is 88.0 cm³/mol.